The van der Waals surface area contributed by atoms with Crippen LogP contribution in [-0.4, -0.2) is 84.6 Å². The highest BCUT2D eigenvalue weighted by molar-refractivity contribution is 7.90. The van der Waals surface area contributed by atoms with Crippen LogP contribution in [0.4, 0.5) is 4.39 Å². The third kappa shape index (κ3) is 5.53. The lowest BCUT2D eigenvalue weighted by molar-refractivity contribution is -0.142. The van der Waals surface area contributed by atoms with E-state index in [-0.39, 0.29) is 33.6 Å². The van der Waals surface area contributed by atoms with E-state index in [0.717, 1.165) is 18.4 Å². The van der Waals surface area contributed by atoms with Gasteiger partial charge in [0.05, 0.1) is 15.9 Å². The van der Waals surface area contributed by atoms with Crippen molar-refractivity contribution in [2.45, 2.75) is 17.5 Å². The summed E-state index contributed by atoms with van der Waals surface area (Å²) < 4.78 is 37.8. The molecule has 3 N–H and O–H groups in total. The molecule has 1 aliphatic rings. The van der Waals surface area contributed by atoms with Crippen molar-refractivity contribution in [3.63, 3.8) is 0 Å². The summed E-state index contributed by atoms with van der Waals surface area (Å²) in [6.45, 7) is 1.56. The van der Waals surface area contributed by atoms with Crippen LogP contribution in [-0.2, 0) is 21.2 Å². The molecule has 2 aromatic heterocycles. The molecule has 0 saturated carbocycles. The summed E-state index contributed by atoms with van der Waals surface area (Å²) in [7, 11) is -1.91. The number of nitrogens with zero attached hydrogens (tertiary/aromatic N) is 3. The standard InChI is InChI=1S/C24H26FN5O6S/c1-29-8-10-30(11-9-29)24(34)21(31)18-19(23(33)28-16-4-3-7-26-20(16)18)22(32)27-13-14-5-6-15(25)12-17(14)37(2,35)36/h3-7,12,21,31H,8-11,13H2,1-2H3,(H,27,32)(H,28,33). The second-order valence-corrected chi connectivity index (χ2v) is 10.9. The molecule has 1 unspecified atom stereocenters. The predicted molar refractivity (Wildman–Crippen MR) is 132 cm³/mol. The number of aromatic amines is 1. The fraction of sp³-hybridized carbons (Fsp3) is 0.333. The zero-order valence-electron chi connectivity index (χ0n) is 20.2. The van der Waals surface area contributed by atoms with Crippen molar-refractivity contribution in [1.82, 2.24) is 25.1 Å². The van der Waals surface area contributed by atoms with Crippen LogP contribution in [0.5, 0.6) is 0 Å². The Balaban J connectivity index is 1.72. The van der Waals surface area contributed by atoms with Gasteiger partial charge >= 0.3 is 0 Å². The molecular weight excluding hydrogens is 505 g/mol. The number of nitrogens with one attached hydrogen (secondary N) is 2. The number of halogens is 1. The number of carbonyl (C=O) groups is 2. The molecule has 1 aliphatic heterocycles. The maximum Gasteiger partial charge on any atom is 0.261 e. The van der Waals surface area contributed by atoms with Crippen molar-refractivity contribution in [3.8, 4) is 0 Å². The van der Waals surface area contributed by atoms with Crippen LogP contribution < -0.4 is 10.9 Å². The van der Waals surface area contributed by atoms with E-state index in [4.69, 9.17) is 0 Å². The van der Waals surface area contributed by atoms with Crippen LogP contribution in [0.25, 0.3) is 11.0 Å². The number of rotatable bonds is 6. The van der Waals surface area contributed by atoms with Crippen LogP contribution in [0.3, 0.4) is 0 Å². The second-order valence-electron chi connectivity index (χ2n) is 8.88. The Bertz CT molecular complexity index is 1530. The maximum atomic E-state index is 13.7. The topological polar surface area (TPSA) is 153 Å². The van der Waals surface area contributed by atoms with Crippen molar-refractivity contribution >= 4 is 32.7 Å². The summed E-state index contributed by atoms with van der Waals surface area (Å²) in [5.74, 6) is -2.39. The minimum atomic E-state index is -3.82. The van der Waals surface area contributed by atoms with Gasteiger partial charge in [0.2, 0.25) is 0 Å². The van der Waals surface area contributed by atoms with Crippen molar-refractivity contribution in [1.29, 1.82) is 0 Å². The van der Waals surface area contributed by atoms with Gasteiger partial charge in [-0.25, -0.2) is 12.8 Å². The lowest BCUT2D eigenvalue weighted by Crippen LogP contribution is -2.49. The molecule has 3 heterocycles. The Kier molecular flexibility index (Phi) is 7.39. The quantitative estimate of drug-likeness (QED) is 0.408. The highest BCUT2D eigenvalue weighted by Crippen LogP contribution is 2.26. The van der Waals surface area contributed by atoms with E-state index in [9.17, 15) is 32.3 Å². The van der Waals surface area contributed by atoms with E-state index in [2.05, 4.69) is 15.3 Å². The lowest BCUT2D eigenvalue weighted by Gasteiger charge is -2.33. The summed E-state index contributed by atoms with van der Waals surface area (Å²) >= 11 is 0. The smallest absolute Gasteiger partial charge is 0.261 e. The summed E-state index contributed by atoms with van der Waals surface area (Å²) in [4.78, 5) is 49.3. The van der Waals surface area contributed by atoms with Gasteiger partial charge in [0.15, 0.2) is 15.9 Å². The molecule has 1 fully saturated rings. The third-order valence-electron chi connectivity index (χ3n) is 6.22. The molecule has 13 heteroatoms. The van der Waals surface area contributed by atoms with E-state index in [0.29, 0.717) is 26.2 Å². The zero-order valence-corrected chi connectivity index (χ0v) is 21.0. The van der Waals surface area contributed by atoms with Crippen LogP contribution in [0.15, 0.2) is 46.2 Å². The number of fused-ring (bicyclic) bond motifs is 1. The zero-order chi connectivity index (χ0) is 26.9. The summed E-state index contributed by atoms with van der Waals surface area (Å²) in [6, 6.07) is 6.18. The number of aliphatic hydroxyl groups excluding tert-OH is 1. The molecule has 1 saturated heterocycles. The van der Waals surface area contributed by atoms with Crippen LogP contribution in [0.1, 0.15) is 27.6 Å². The van der Waals surface area contributed by atoms with Gasteiger partial charge in [-0.15, -0.1) is 0 Å². The number of hydrogen-bond donors (Lipinski definition) is 3. The number of hydrogen-bond acceptors (Lipinski definition) is 8. The Morgan fingerprint density at radius 2 is 1.92 bits per heavy atom. The van der Waals surface area contributed by atoms with Gasteiger partial charge < -0.3 is 25.2 Å². The number of piperazine rings is 1. The number of sulfone groups is 1. The number of carbonyl (C=O) groups excluding carboxylic acids is 2. The fourth-order valence-electron chi connectivity index (χ4n) is 4.24. The van der Waals surface area contributed by atoms with E-state index in [1.54, 1.807) is 6.07 Å². The van der Waals surface area contributed by atoms with Crippen LogP contribution in [0.2, 0.25) is 0 Å². The van der Waals surface area contributed by atoms with E-state index in [1.807, 2.05) is 11.9 Å². The van der Waals surface area contributed by atoms with Crippen molar-refractivity contribution < 1.29 is 27.5 Å². The molecule has 1 aromatic carbocycles. The average molecular weight is 532 g/mol. The van der Waals surface area contributed by atoms with E-state index < -0.39 is 44.7 Å². The fourth-order valence-corrected chi connectivity index (χ4v) is 5.19. The molecule has 3 aromatic rings. The van der Waals surface area contributed by atoms with Crippen molar-refractivity contribution in [2.75, 3.05) is 39.5 Å². The van der Waals surface area contributed by atoms with Gasteiger partial charge in [-0.1, -0.05) is 6.07 Å². The van der Waals surface area contributed by atoms with Gasteiger partial charge in [-0.2, -0.15) is 0 Å². The van der Waals surface area contributed by atoms with Crippen molar-refractivity contribution in [3.05, 3.63) is 69.4 Å². The first-order chi connectivity index (χ1) is 17.5. The number of benzene rings is 1. The molecule has 2 amide bonds. The average Bonchev–Trinajstić information content (AvgIpc) is 2.86. The van der Waals surface area contributed by atoms with Gasteiger partial charge in [0.1, 0.15) is 11.4 Å². The Hall–Kier alpha value is -3.68. The van der Waals surface area contributed by atoms with Gasteiger partial charge in [-0.05, 0) is 36.9 Å². The molecular formula is C24H26FN5O6S. The van der Waals surface area contributed by atoms with Crippen molar-refractivity contribution in [2.24, 2.45) is 0 Å². The molecule has 0 bridgehead atoms. The summed E-state index contributed by atoms with van der Waals surface area (Å²) in [6.07, 6.45) is 0.461. The number of aromatic nitrogens is 2. The number of H-pyrrole nitrogens is 1. The SMILES string of the molecule is CN1CCN(C(=O)C(O)c2c(C(=O)NCc3ccc(F)cc3S(C)(=O)=O)c(=O)[nH]c3cccnc23)CC1. The summed E-state index contributed by atoms with van der Waals surface area (Å²) in [5.41, 5.74) is -1.24. The molecule has 0 aliphatic carbocycles. The molecule has 0 spiro atoms. The van der Waals surface area contributed by atoms with Crippen LogP contribution >= 0.6 is 0 Å². The van der Waals surface area contributed by atoms with E-state index >= 15 is 0 Å². The maximum absolute atomic E-state index is 13.7. The highest BCUT2D eigenvalue weighted by atomic mass is 32.2. The largest absolute Gasteiger partial charge is 0.378 e. The minimum absolute atomic E-state index is 0.0702. The Morgan fingerprint density at radius 3 is 2.59 bits per heavy atom. The second kappa shape index (κ2) is 10.4. The number of amides is 2. The molecule has 11 nitrogen and oxygen atoms in total. The molecule has 196 valence electrons. The van der Waals surface area contributed by atoms with Gasteiger partial charge in [0.25, 0.3) is 17.4 Å². The van der Waals surface area contributed by atoms with E-state index in [1.165, 1.54) is 23.2 Å². The molecule has 37 heavy (non-hydrogen) atoms. The minimum Gasteiger partial charge on any atom is -0.378 e. The molecule has 4 rings (SSSR count). The molecule has 0 radical (unpaired) electrons. The normalized spacial score (nSPS) is 15.5. The Morgan fingerprint density at radius 1 is 1.22 bits per heavy atom. The first-order valence-corrected chi connectivity index (χ1v) is 13.3. The highest BCUT2D eigenvalue weighted by Gasteiger charge is 2.33. The van der Waals surface area contributed by atoms with Gasteiger partial charge in [-0.3, -0.25) is 19.4 Å². The predicted octanol–water partition coefficient (Wildman–Crippen LogP) is 0.203. The van der Waals surface area contributed by atoms with Crippen LogP contribution in [0, 0.1) is 5.82 Å². The molecule has 1 atom stereocenters. The monoisotopic (exact) mass is 531 g/mol. The number of aliphatic hydroxyl groups is 1. The number of pyridine rings is 2. The lowest BCUT2D eigenvalue weighted by atomic mass is 9.99. The first kappa shape index (κ1) is 26.4. The third-order valence-corrected chi connectivity index (χ3v) is 7.40. The van der Waals surface area contributed by atoms with Gasteiger partial charge in [0, 0.05) is 50.7 Å². The first-order valence-electron chi connectivity index (χ1n) is 11.4. The Labute approximate surface area is 211 Å². The summed E-state index contributed by atoms with van der Waals surface area (Å²) in [5, 5.41) is 13.6. The number of likely N-dealkylation sites (N-methyl/N-ethyl adjacent to an activating group) is 1.